The van der Waals surface area contributed by atoms with Gasteiger partial charge < -0.3 is 20.1 Å². The van der Waals surface area contributed by atoms with Crippen LogP contribution < -0.4 is 11.2 Å². The number of carbonyl (C=O) groups excluding carboxylic acids is 2. The van der Waals surface area contributed by atoms with Gasteiger partial charge in [0.2, 0.25) is 5.60 Å². The molecular formula is C11H12N2O8. The van der Waals surface area contributed by atoms with E-state index in [1.807, 2.05) is 4.98 Å². The van der Waals surface area contributed by atoms with Crippen LogP contribution in [0.3, 0.4) is 0 Å². The van der Waals surface area contributed by atoms with E-state index in [0.717, 1.165) is 12.3 Å². The van der Waals surface area contributed by atoms with Crippen molar-refractivity contribution in [1.82, 2.24) is 9.55 Å². The molecule has 10 nitrogen and oxygen atoms in total. The molecule has 1 fully saturated rings. The SMILES string of the molecule is O=CC1(O)[C@H](CO)O[C@H](n2ccc(=O)[nH]c2=O)C1(O)C=O. The molecule has 0 radical (unpaired) electrons. The van der Waals surface area contributed by atoms with Gasteiger partial charge in [-0.3, -0.25) is 23.9 Å². The zero-order chi connectivity index (χ0) is 15.8. The third kappa shape index (κ3) is 1.96. The Labute approximate surface area is 116 Å². The molecule has 1 aromatic rings. The van der Waals surface area contributed by atoms with E-state index in [4.69, 9.17) is 9.84 Å². The van der Waals surface area contributed by atoms with Gasteiger partial charge in [-0.05, 0) is 0 Å². The molecule has 10 heteroatoms. The highest BCUT2D eigenvalue weighted by Crippen LogP contribution is 2.42. The van der Waals surface area contributed by atoms with Crippen molar-refractivity contribution in [2.45, 2.75) is 23.5 Å². The van der Waals surface area contributed by atoms with Crippen LogP contribution in [0.4, 0.5) is 0 Å². The first-order valence-corrected chi connectivity index (χ1v) is 5.79. The number of nitrogens with one attached hydrogen (secondary N) is 1. The topological polar surface area (TPSA) is 159 Å². The second-order valence-electron chi connectivity index (χ2n) is 4.56. The van der Waals surface area contributed by atoms with Crippen LogP contribution >= 0.6 is 0 Å². The lowest BCUT2D eigenvalue weighted by Gasteiger charge is -2.32. The van der Waals surface area contributed by atoms with Crippen LogP contribution in [-0.4, -0.2) is 61.4 Å². The minimum Gasteiger partial charge on any atom is -0.394 e. The molecule has 2 heterocycles. The Balaban J connectivity index is 2.64. The van der Waals surface area contributed by atoms with Gasteiger partial charge in [0, 0.05) is 12.3 Å². The first-order chi connectivity index (χ1) is 9.83. The third-order valence-electron chi connectivity index (χ3n) is 3.43. The van der Waals surface area contributed by atoms with Gasteiger partial charge in [0.05, 0.1) is 6.61 Å². The lowest BCUT2D eigenvalue weighted by Crippen LogP contribution is -2.61. The van der Waals surface area contributed by atoms with E-state index in [0.29, 0.717) is 4.57 Å². The Morgan fingerprint density at radius 3 is 2.38 bits per heavy atom. The van der Waals surface area contributed by atoms with Crippen LogP contribution in [0.25, 0.3) is 0 Å². The van der Waals surface area contributed by atoms with Crippen LogP contribution in [0.15, 0.2) is 21.9 Å². The van der Waals surface area contributed by atoms with Gasteiger partial charge in [-0.1, -0.05) is 0 Å². The van der Waals surface area contributed by atoms with Crippen molar-refractivity contribution in [2.24, 2.45) is 0 Å². The number of aromatic nitrogens is 2. The van der Waals surface area contributed by atoms with E-state index in [1.165, 1.54) is 0 Å². The van der Waals surface area contributed by atoms with Crippen LogP contribution in [0, 0.1) is 0 Å². The Bertz CT molecular complexity index is 681. The summed E-state index contributed by atoms with van der Waals surface area (Å²) in [5, 5.41) is 29.5. The number of rotatable bonds is 4. The fourth-order valence-corrected chi connectivity index (χ4v) is 2.21. The number of aliphatic hydroxyl groups is 3. The second-order valence-corrected chi connectivity index (χ2v) is 4.56. The minimum atomic E-state index is -2.82. The molecule has 1 aliphatic heterocycles. The number of nitrogens with zero attached hydrogens (tertiary/aromatic N) is 1. The molecular weight excluding hydrogens is 288 g/mol. The summed E-state index contributed by atoms with van der Waals surface area (Å²) in [6.07, 6.45) is -2.80. The summed E-state index contributed by atoms with van der Waals surface area (Å²) >= 11 is 0. The Hall–Kier alpha value is -2.14. The normalized spacial score (nSPS) is 35.6. The molecule has 2 rings (SSSR count). The zero-order valence-corrected chi connectivity index (χ0v) is 10.5. The summed E-state index contributed by atoms with van der Waals surface area (Å²) in [6, 6.07) is 0.919. The second kappa shape index (κ2) is 5.00. The van der Waals surface area contributed by atoms with E-state index in [1.54, 1.807) is 0 Å². The Kier molecular flexibility index (Phi) is 3.63. The van der Waals surface area contributed by atoms with Crippen molar-refractivity contribution in [3.8, 4) is 0 Å². The smallest absolute Gasteiger partial charge is 0.330 e. The molecule has 2 unspecified atom stereocenters. The molecule has 0 saturated carbocycles. The number of carbonyl (C=O) groups is 2. The van der Waals surface area contributed by atoms with Gasteiger partial charge >= 0.3 is 5.69 Å². The summed E-state index contributed by atoms with van der Waals surface area (Å²) in [7, 11) is 0. The maximum Gasteiger partial charge on any atom is 0.330 e. The van der Waals surface area contributed by atoms with E-state index >= 15 is 0 Å². The molecule has 0 spiro atoms. The molecule has 1 aromatic heterocycles. The van der Waals surface area contributed by atoms with Gasteiger partial charge in [-0.25, -0.2) is 4.79 Å². The summed E-state index contributed by atoms with van der Waals surface area (Å²) in [5.41, 5.74) is -7.32. The molecule has 21 heavy (non-hydrogen) atoms. The summed E-state index contributed by atoms with van der Waals surface area (Å²) < 4.78 is 5.68. The number of H-pyrrole nitrogens is 1. The first-order valence-electron chi connectivity index (χ1n) is 5.79. The van der Waals surface area contributed by atoms with E-state index in [2.05, 4.69) is 0 Å². The number of aliphatic hydroxyl groups excluding tert-OH is 1. The number of ether oxygens (including phenoxy) is 1. The number of hydrogen-bond donors (Lipinski definition) is 4. The maximum atomic E-state index is 11.7. The van der Waals surface area contributed by atoms with Crippen LogP contribution in [-0.2, 0) is 14.3 Å². The highest BCUT2D eigenvalue weighted by Gasteiger charge is 2.67. The molecule has 4 N–H and O–H groups in total. The molecule has 0 amide bonds. The molecule has 0 bridgehead atoms. The summed E-state index contributed by atoms with van der Waals surface area (Å²) in [5.74, 6) is 0. The van der Waals surface area contributed by atoms with Crippen molar-refractivity contribution < 1.29 is 29.6 Å². The van der Waals surface area contributed by atoms with Crippen molar-refractivity contribution in [2.75, 3.05) is 6.61 Å². The highest BCUT2D eigenvalue weighted by molar-refractivity contribution is 5.80. The average Bonchev–Trinajstić information content (AvgIpc) is 2.69. The van der Waals surface area contributed by atoms with Crippen molar-refractivity contribution in [3.63, 3.8) is 0 Å². The monoisotopic (exact) mass is 300 g/mol. The average molecular weight is 300 g/mol. The fraction of sp³-hybridized carbons (Fsp3) is 0.455. The minimum absolute atomic E-state index is 0.140. The van der Waals surface area contributed by atoms with Gasteiger partial charge in [0.15, 0.2) is 24.4 Å². The predicted molar refractivity (Wildman–Crippen MR) is 64.3 cm³/mol. The molecule has 1 saturated heterocycles. The van der Waals surface area contributed by atoms with Crippen LogP contribution in [0.1, 0.15) is 6.23 Å². The van der Waals surface area contributed by atoms with Gasteiger partial charge in [0.25, 0.3) is 5.56 Å². The lowest BCUT2D eigenvalue weighted by molar-refractivity contribution is -0.168. The highest BCUT2D eigenvalue weighted by atomic mass is 16.6. The lowest BCUT2D eigenvalue weighted by atomic mass is 9.82. The molecule has 0 aromatic carbocycles. The third-order valence-corrected chi connectivity index (χ3v) is 3.43. The molecule has 1 aliphatic rings. The number of hydrogen-bond acceptors (Lipinski definition) is 8. The maximum absolute atomic E-state index is 11.7. The molecule has 4 atom stereocenters. The summed E-state index contributed by atoms with van der Waals surface area (Å²) in [4.78, 5) is 46.9. The first kappa shape index (κ1) is 15.3. The van der Waals surface area contributed by atoms with E-state index < -0.39 is 41.4 Å². The quantitative estimate of drug-likeness (QED) is 0.413. The Morgan fingerprint density at radius 2 is 1.90 bits per heavy atom. The van der Waals surface area contributed by atoms with Crippen molar-refractivity contribution >= 4 is 12.6 Å². The van der Waals surface area contributed by atoms with Crippen molar-refractivity contribution in [1.29, 1.82) is 0 Å². The van der Waals surface area contributed by atoms with Gasteiger partial charge in [-0.15, -0.1) is 0 Å². The largest absolute Gasteiger partial charge is 0.394 e. The van der Waals surface area contributed by atoms with Gasteiger partial charge in [-0.2, -0.15) is 0 Å². The standard InChI is InChI=1S/C11H12N2O8/c14-3-6-10(19,4-15)11(20,5-16)8(21-6)13-2-1-7(17)12-9(13)18/h1-2,4-6,8,14,19-20H,3H2,(H,12,17,18)/t6-,8-,10?,11?/m0/s1. The molecule has 0 aliphatic carbocycles. The molecule has 114 valence electrons. The van der Waals surface area contributed by atoms with Gasteiger partial charge in [0.1, 0.15) is 6.10 Å². The van der Waals surface area contributed by atoms with Crippen LogP contribution in [0.5, 0.6) is 0 Å². The predicted octanol–water partition coefficient (Wildman–Crippen LogP) is -3.71. The Morgan fingerprint density at radius 1 is 1.29 bits per heavy atom. The van der Waals surface area contributed by atoms with E-state index in [9.17, 15) is 29.4 Å². The number of aldehydes is 2. The van der Waals surface area contributed by atoms with Crippen LogP contribution in [0.2, 0.25) is 0 Å². The fourth-order valence-electron chi connectivity index (χ4n) is 2.21. The zero-order valence-electron chi connectivity index (χ0n) is 10.5. The van der Waals surface area contributed by atoms with Crippen molar-refractivity contribution in [3.05, 3.63) is 33.1 Å². The van der Waals surface area contributed by atoms with E-state index in [-0.39, 0.29) is 12.6 Å². The number of aromatic amines is 1. The summed E-state index contributed by atoms with van der Waals surface area (Å²) in [6.45, 7) is -0.889.